The lowest BCUT2D eigenvalue weighted by molar-refractivity contribution is -0.0556. The summed E-state index contributed by atoms with van der Waals surface area (Å²) >= 11 is 1.27. The van der Waals surface area contributed by atoms with Gasteiger partial charge in [-0.15, -0.1) is 11.3 Å². The number of hydrogen-bond acceptors (Lipinski definition) is 7. The first-order chi connectivity index (χ1) is 16.8. The lowest BCUT2D eigenvalue weighted by atomic mass is 9.85. The first-order valence-corrected chi connectivity index (χ1v) is 11.4. The molecule has 1 aromatic carbocycles. The number of nitriles is 1. The number of rotatable bonds is 6. The SMILES string of the molecule is C[C@@H](N1Cc2cc(-c3cncc(C#N)c3)sc2C1=O)[C@](O)(Cn1cncn1)c1ccc(F)cc1F. The fourth-order valence-corrected chi connectivity index (χ4v) is 5.42. The van der Waals surface area contributed by atoms with Crippen LogP contribution >= 0.6 is 11.3 Å². The summed E-state index contributed by atoms with van der Waals surface area (Å²) < 4.78 is 29.8. The number of aliphatic hydroxyl groups is 1. The highest BCUT2D eigenvalue weighted by Crippen LogP contribution is 2.41. The van der Waals surface area contributed by atoms with Gasteiger partial charge in [0.05, 0.1) is 23.0 Å². The van der Waals surface area contributed by atoms with E-state index in [1.54, 1.807) is 19.2 Å². The van der Waals surface area contributed by atoms with Gasteiger partial charge >= 0.3 is 0 Å². The third-order valence-corrected chi connectivity index (χ3v) is 7.40. The Morgan fingerprint density at radius 2 is 2.09 bits per heavy atom. The van der Waals surface area contributed by atoms with E-state index in [4.69, 9.17) is 5.26 Å². The van der Waals surface area contributed by atoms with Gasteiger partial charge in [0.25, 0.3) is 5.91 Å². The third kappa shape index (κ3) is 3.96. The Kier molecular flexibility index (Phi) is 5.62. The van der Waals surface area contributed by atoms with Gasteiger partial charge in [-0.1, -0.05) is 6.07 Å². The van der Waals surface area contributed by atoms with E-state index in [1.807, 2.05) is 12.1 Å². The van der Waals surface area contributed by atoms with Gasteiger partial charge in [0.1, 0.15) is 36.0 Å². The highest BCUT2D eigenvalue weighted by Gasteiger charge is 2.46. The first-order valence-electron chi connectivity index (χ1n) is 10.6. The van der Waals surface area contributed by atoms with Gasteiger partial charge < -0.3 is 10.0 Å². The van der Waals surface area contributed by atoms with Crippen LogP contribution in [0.1, 0.15) is 33.3 Å². The molecule has 8 nitrogen and oxygen atoms in total. The predicted octanol–water partition coefficient (Wildman–Crippen LogP) is 3.48. The van der Waals surface area contributed by atoms with Crippen molar-refractivity contribution in [1.82, 2.24) is 24.6 Å². The number of carbonyl (C=O) groups excluding carboxylic acids is 1. The van der Waals surface area contributed by atoms with Crippen molar-refractivity contribution in [3.05, 3.63) is 88.6 Å². The summed E-state index contributed by atoms with van der Waals surface area (Å²) in [6, 6.07) is 7.66. The molecule has 0 bridgehead atoms. The summed E-state index contributed by atoms with van der Waals surface area (Å²) in [5.41, 5.74) is -0.177. The third-order valence-electron chi connectivity index (χ3n) is 6.18. The summed E-state index contributed by atoms with van der Waals surface area (Å²) in [6.45, 7) is 1.61. The van der Waals surface area contributed by atoms with Gasteiger partial charge in [0.15, 0.2) is 0 Å². The van der Waals surface area contributed by atoms with E-state index >= 15 is 0 Å². The second kappa shape index (κ2) is 8.65. The molecule has 0 saturated heterocycles. The Morgan fingerprint density at radius 3 is 2.77 bits per heavy atom. The van der Waals surface area contributed by atoms with Crippen molar-refractivity contribution in [2.75, 3.05) is 0 Å². The van der Waals surface area contributed by atoms with E-state index in [9.17, 15) is 18.7 Å². The summed E-state index contributed by atoms with van der Waals surface area (Å²) in [6.07, 6.45) is 5.74. The average Bonchev–Trinajstić information content (AvgIpc) is 3.57. The number of halogens is 2. The molecule has 0 radical (unpaired) electrons. The number of hydrogen-bond donors (Lipinski definition) is 1. The molecule has 35 heavy (non-hydrogen) atoms. The molecule has 1 amide bonds. The number of thiophene rings is 1. The van der Waals surface area contributed by atoms with Gasteiger partial charge in [-0.05, 0) is 30.7 Å². The normalized spacial score (nSPS) is 15.5. The van der Waals surface area contributed by atoms with Crippen LogP contribution in [-0.2, 0) is 18.7 Å². The average molecular weight is 493 g/mol. The molecule has 4 heterocycles. The molecule has 11 heteroatoms. The lowest BCUT2D eigenvalue weighted by Gasteiger charge is -2.39. The van der Waals surface area contributed by atoms with Crippen LogP contribution in [0.4, 0.5) is 8.78 Å². The fraction of sp³-hybridized carbons (Fsp3) is 0.208. The van der Waals surface area contributed by atoms with Crippen molar-refractivity contribution in [1.29, 1.82) is 5.26 Å². The molecule has 2 atom stereocenters. The lowest BCUT2D eigenvalue weighted by Crippen LogP contribution is -2.52. The number of fused-ring (bicyclic) bond motifs is 1. The van der Waals surface area contributed by atoms with Gasteiger partial charge in [0, 0.05) is 41.0 Å². The summed E-state index contributed by atoms with van der Waals surface area (Å²) in [7, 11) is 0. The van der Waals surface area contributed by atoms with Gasteiger partial charge in [-0.3, -0.25) is 9.78 Å². The maximum atomic E-state index is 14.8. The van der Waals surface area contributed by atoms with E-state index in [1.165, 1.54) is 45.8 Å². The number of pyridine rings is 1. The van der Waals surface area contributed by atoms with Crippen LogP contribution in [0.2, 0.25) is 0 Å². The van der Waals surface area contributed by atoms with Crippen LogP contribution in [0.15, 0.2) is 55.4 Å². The molecule has 0 fully saturated rings. The molecule has 4 aromatic rings. The smallest absolute Gasteiger partial charge is 0.264 e. The van der Waals surface area contributed by atoms with Gasteiger partial charge in [0.2, 0.25) is 0 Å². The van der Waals surface area contributed by atoms with E-state index in [-0.39, 0.29) is 24.6 Å². The zero-order valence-electron chi connectivity index (χ0n) is 18.4. The number of amides is 1. The minimum absolute atomic E-state index is 0.148. The topological polar surface area (TPSA) is 108 Å². The molecule has 1 N–H and O–H groups in total. The number of aromatic nitrogens is 4. The molecule has 0 spiro atoms. The van der Waals surface area contributed by atoms with Crippen LogP contribution in [0.5, 0.6) is 0 Å². The minimum atomic E-state index is -1.93. The van der Waals surface area contributed by atoms with E-state index in [2.05, 4.69) is 15.1 Å². The molecule has 1 aliphatic rings. The Bertz CT molecular complexity index is 1470. The van der Waals surface area contributed by atoms with E-state index < -0.39 is 23.3 Å². The van der Waals surface area contributed by atoms with Crippen molar-refractivity contribution < 1.29 is 18.7 Å². The summed E-state index contributed by atoms with van der Waals surface area (Å²) in [5, 5.41) is 24.9. The van der Waals surface area contributed by atoms with E-state index in [0.717, 1.165) is 22.1 Å². The molecule has 0 aliphatic carbocycles. The number of carbonyl (C=O) groups is 1. The summed E-state index contributed by atoms with van der Waals surface area (Å²) in [5.74, 6) is -2.01. The molecular weight excluding hydrogens is 474 g/mol. The zero-order chi connectivity index (χ0) is 24.7. The second-order valence-corrected chi connectivity index (χ2v) is 9.34. The van der Waals surface area contributed by atoms with Crippen LogP contribution in [0, 0.1) is 23.0 Å². The Balaban J connectivity index is 1.48. The number of nitrogens with zero attached hydrogens (tertiary/aromatic N) is 6. The maximum absolute atomic E-state index is 14.8. The van der Waals surface area contributed by atoms with Crippen molar-refractivity contribution in [2.24, 2.45) is 0 Å². The van der Waals surface area contributed by atoms with Crippen LogP contribution in [0.25, 0.3) is 10.4 Å². The second-order valence-electron chi connectivity index (χ2n) is 8.29. The van der Waals surface area contributed by atoms with Crippen LogP contribution in [-0.4, -0.2) is 41.7 Å². The Hall–Kier alpha value is -4.01. The molecule has 176 valence electrons. The zero-order valence-corrected chi connectivity index (χ0v) is 19.2. The van der Waals surface area contributed by atoms with E-state index in [0.29, 0.717) is 16.5 Å². The van der Waals surface area contributed by atoms with Crippen LogP contribution in [0.3, 0.4) is 0 Å². The van der Waals surface area contributed by atoms with Gasteiger partial charge in [-0.25, -0.2) is 18.4 Å². The monoisotopic (exact) mass is 492 g/mol. The molecule has 1 aliphatic heterocycles. The van der Waals surface area contributed by atoms with Crippen molar-refractivity contribution in [3.8, 4) is 16.5 Å². The molecule has 3 aromatic heterocycles. The molecule has 0 saturated carbocycles. The Morgan fingerprint density at radius 1 is 1.26 bits per heavy atom. The highest BCUT2D eigenvalue weighted by molar-refractivity contribution is 7.17. The van der Waals surface area contributed by atoms with Crippen molar-refractivity contribution in [3.63, 3.8) is 0 Å². The number of benzene rings is 1. The van der Waals surface area contributed by atoms with Crippen molar-refractivity contribution >= 4 is 17.2 Å². The molecule has 0 unspecified atom stereocenters. The summed E-state index contributed by atoms with van der Waals surface area (Å²) in [4.78, 5) is 24.1. The highest BCUT2D eigenvalue weighted by atomic mass is 32.1. The quantitative estimate of drug-likeness (QED) is 0.442. The first kappa shape index (κ1) is 22.8. The molecular formula is C24H18F2N6O2S. The standard InChI is InChI=1S/C24H18F2N6O2S/c1-14(24(34,11-31-13-29-12-30-31)19-3-2-18(25)6-20(19)26)32-10-17-5-21(35-22(17)23(32)33)16-4-15(7-27)8-28-9-16/h2-6,8-9,12-14,34H,10-11H2,1H3/t14-,24-/m1/s1. The predicted molar refractivity (Wildman–Crippen MR) is 122 cm³/mol. The maximum Gasteiger partial charge on any atom is 0.264 e. The van der Waals surface area contributed by atoms with Gasteiger partial charge in [-0.2, -0.15) is 10.4 Å². The molecule has 5 rings (SSSR count). The fourth-order valence-electron chi connectivity index (χ4n) is 4.31. The Labute approximate surface area is 202 Å². The van der Waals surface area contributed by atoms with Crippen LogP contribution < -0.4 is 0 Å². The minimum Gasteiger partial charge on any atom is -0.381 e. The van der Waals surface area contributed by atoms with Crippen molar-refractivity contribution in [2.45, 2.75) is 31.7 Å². The largest absolute Gasteiger partial charge is 0.381 e.